The Bertz CT molecular complexity index is 741. The molecule has 26 heavy (non-hydrogen) atoms. The van der Waals surface area contributed by atoms with Gasteiger partial charge in [-0.25, -0.2) is 9.97 Å². The highest BCUT2D eigenvalue weighted by Gasteiger charge is 2.23. The Morgan fingerprint density at radius 3 is 3.04 bits per heavy atom. The van der Waals surface area contributed by atoms with Gasteiger partial charge in [-0.1, -0.05) is 0 Å². The zero-order valence-corrected chi connectivity index (χ0v) is 14.8. The Labute approximate surface area is 152 Å². The van der Waals surface area contributed by atoms with Crippen molar-refractivity contribution < 1.29 is 13.9 Å². The van der Waals surface area contributed by atoms with E-state index < -0.39 is 0 Å². The van der Waals surface area contributed by atoms with Crippen LogP contribution in [0.2, 0.25) is 0 Å². The summed E-state index contributed by atoms with van der Waals surface area (Å²) in [5.41, 5.74) is 2.18. The number of furan rings is 1. The molecule has 0 saturated carbocycles. The maximum absolute atomic E-state index is 12.6. The van der Waals surface area contributed by atoms with Crippen LogP contribution in [-0.2, 0) is 28.8 Å². The van der Waals surface area contributed by atoms with E-state index >= 15 is 0 Å². The highest BCUT2D eigenvalue weighted by atomic mass is 16.5. The zero-order valence-electron chi connectivity index (χ0n) is 14.8. The molecular formula is C19H24N4O3. The molecule has 2 aliphatic heterocycles. The topological polar surface area (TPSA) is 80.5 Å². The minimum absolute atomic E-state index is 0.167. The minimum atomic E-state index is 0.167. The molecule has 0 aromatic carbocycles. The second-order valence-corrected chi connectivity index (χ2v) is 6.81. The maximum Gasteiger partial charge on any atom is 0.223 e. The number of nitrogens with one attached hydrogen (secondary N) is 1. The first-order valence-corrected chi connectivity index (χ1v) is 9.27. The lowest BCUT2D eigenvalue weighted by atomic mass is 10.1. The van der Waals surface area contributed by atoms with Gasteiger partial charge in [0.2, 0.25) is 5.91 Å². The molecular weight excluding hydrogens is 332 g/mol. The smallest absolute Gasteiger partial charge is 0.223 e. The quantitative estimate of drug-likeness (QED) is 0.880. The lowest BCUT2D eigenvalue weighted by Gasteiger charge is -2.20. The number of carbonyl (C=O) groups excluding carboxylic acids is 1. The van der Waals surface area contributed by atoms with Gasteiger partial charge in [0.25, 0.3) is 0 Å². The van der Waals surface area contributed by atoms with Crippen LogP contribution in [0.15, 0.2) is 29.1 Å². The third kappa shape index (κ3) is 3.88. The molecule has 0 bridgehead atoms. The molecule has 4 rings (SSSR count). The molecule has 1 amide bonds. The van der Waals surface area contributed by atoms with Gasteiger partial charge in [-0.3, -0.25) is 4.79 Å². The van der Waals surface area contributed by atoms with Crippen LogP contribution in [0, 0.1) is 0 Å². The van der Waals surface area contributed by atoms with E-state index in [1.807, 2.05) is 17.0 Å². The molecule has 1 fully saturated rings. The summed E-state index contributed by atoms with van der Waals surface area (Å²) in [7, 11) is 0. The van der Waals surface area contributed by atoms with Gasteiger partial charge in [0.05, 0.1) is 24.6 Å². The third-order valence-corrected chi connectivity index (χ3v) is 5.07. The Morgan fingerprint density at radius 2 is 2.23 bits per heavy atom. The second-order valence-electron chi connectivity index (χ2n) is 6.81. The molecule has 4 heterocycles. The molecule has 7 heteroatoms. The van der Waals surface area contributed by atoms with Gasteiger partial charge in [0.15, 0.2) is 0 Å². The lowest BCUT2D eigenvalue weighted by Crippen LogP contribution is -2.33. The first kappa shape index (κ1) is 17.0. The monoisotopic (exact) mass is 356 g/mol. The summed E-state index contributed by atoms with van der Waals surface area (Å²) in [5, 5.41) is 3.49. The van der Waals surface area contributed by atoms with Crippen LogP contribution in [0.1, 0.15) is 29.9 Å². The molecule has 0 radical (unpaired) electrons. The van der Waals surface area contributed by atoms with Gasteiger partial charge in [-0.15, -0.1) is 0 Å². The number of amides is 1. The summed E-state index contributed by atoms with van der Waals surface area (Å²) in [4.78, 5) is 23.4. The van der Waals surface area contributed by atoms with E-state index in [0.29, 0.717) is 32.0 Å². The number of carbonyl (C=O) groups is 1. The highest BCUT2D eigenvalue weighted by Crippen LogP contribution is 2.23. The molecule has 138 valence electrons. The molecule has 1 unspecified atom stereocenters. The summed E-state index contributed by atoms with van der Waals surface area (Å²) in [6.07, 6.45) is 6.91. The van der Waals surface area contributed by atoms with E-state index in [1.54, 1.807) is 12.6 Å². The largest absolute Gasteiger partial charge is 0.469 e. The van der Waals surface area contributed by atoms with Gasteiger partial charge in [-0.2, -0.15) is 0 Å². The molecule has 7 nitrogen and oxygen atoms in total. The summed E-state index contributed by atoms with van der Waals surface area (Å²) >= 11 is 0. The first-order chi connectivity index (χ1) is 12.8. The Balaban J connectivity index is 1.39. The van der Waals surface area contributed by atoms with Crippen molar-refractivity contribution in [2.45, 2.75) is 38.1 Å². The first-order valence-electron chi connectivity index (χ1n) is 9.27. The fourth-order valence-corrected chi connectivity index (χ4v) is 3.58. The summed E-state index contributed by atoms with van der Waals surface area (Å²) in [5.74, 6) is 1.92. The molecule has 2 aliphatic rings. The van der Waals surface area contributed by atoms with Crippen LogP contribution < -0.4 is 5.32 Å². The van der Waals surface area contributed by atoms with Crippen molar-refractivity contribution in [3.8, 4) is 0 Å². The number of rotatable bonds is 5. The van der Waals surface area contributed by atoms with Gasteiger partial charge in [-0.05, 0) is 25.0 Å². The number of ether oxygens (including phenoxy) is 1. The van der Waals surface area contributed by atoms with E-state index in [1.165, 1.54) is 0 Å². The van der Waals surface area contributed by atoms with Crippen LogP contribution in [0.4, 0.5) is 5.82 Å². The van der Waals surface area contributed by atoms with E-state index in [2.05, 4.69) is 15.3 Å². The Kier molecular flexibility index (Phi) is 5.15. The van der Waals surface area contributed by atoms with Crippen LogP contribution in [0.25, 0.3) is 0 Å². The number of hydrogen-bond donors (Lipinski definition) is 1. The third-order valence-electron chi connectivity index (χ3n) is 5.07. The summed E-state index contributed by atoms with van der Waals surface area (Å²) < 4.78 is 10.8. The minimum Gasteiger partial charge on any atom is -0.469 e. The van der Waals surface area contributed by atoms with E-state index in [-0.39, 0.29) is 5.91 Å². The molecule has 1 saturated heterocycles. The van der Waals surface area contributed by atoms with E-state index in [9.17, 15) is 4.79 Å². The van der Waals surface area contributed by atoms with Crippen molar-refractivity contribution in [2.24, 2.45) is 0 Å². The Hall–Kier alpha value is -2.41. The van der Waals surface area contributed by atoms with Crippen molar-refractivity contribution in [1.29, 1.82) is 0 Å². The zero-order chi connectivity index (χ0) is 17.8. The molecule has 0 spiro atoms. The van der Waals surface area contributed by atoms with Crippen molar-refractivity contribution in [2.75, 3.05) is 31.6 Å². The fourth-order valence-electron chi connectivity index (χ4n) is 3.58. The summed E-state index contributed by atoms with van der Waals surface area (Å²) in [6, 6.07) is 4.07. The van der Waals surface area contributed by atoms with Gasteiger partial charge < -0.3 is 19.4 Å². The predicted octanol–water partition coefficient (Wildman–Crippen LogP) is 1.83. The second kappa shape index (κ2) is 7.86. The Morgan fingerprint density at radius 1 is 1.31 bits per heavy atom. The predicted molar refractivity (Wildman–Crippen MR) is 95.9 cm³/mol. The maximum atomic E-state index is 12.6. The van der Waals surface area contributed by atoms with Crippen LogP contribution in [0.3, 0.4) is 0 Å². The summed E-state index contributed by atoms with van der Waals surface area (Å²) in [6.45, 7) is 2.92. The van der Waals surface area contributed by atoms with Gasteiger partial charge in [0, 0.05) is 44.5 Å². The molecule has 1 N–H and O–H groups in total. The number of aryl methyl sites for hydroxylation is 1. The van der Waals surface area contributed by atoms with Crippen LogP contribution >= 0.6 is 0 Å². The number of nitrogens with zero attached hydrogens (tertiary/aromatic N) is 3. The molecule has 2 aromatic heterocycles. The fraction of sp³-hybridized carbons (Fsp3) is 0.526. The molecule has 2 aromatic rings. The number of anilines is 1. The average Bonchev–Trinajstić information content (AvgIpc) is 3.31. The van der Waals surface area contributed by atoms with Crippen LogP contribution in [-0.4, -0.2) is 53.1 Å². The van der Waals surface area contributed by atoms with Crippen molar-refractivity contribution in [1.82, 2.24) is 14.9 Å². The van der Waals surface area contributed by atoms with E-state index in [4.69, 9.17) is 9.15 Å². The van der Waals surface area contributed by atoms with E-state index in [0.717, 1.165) is 55.3 Å². The van der Waals surface area contributed by atoms with Crippen molar-refractivity contribution in [3.05, 3.63) is 41.7 Å². The average molecular weight is 356 g/mol. The molecule has 1 atom stereocenters. The van der Waals surface area contributed by atoms with Crippen LogP contribution in [0.5, 0.6) is 0 Å². The highest BCUT2D eigenvalue weighted by molar-refractivity contribution is 5.76. The number of fused-ring (bicyclic) bond motifs is 1. The normalized spacial score (nSPS) is 19.8. The van der Waals surface area contributed by atoms with Crippen molar-refractivity contribution in [3.63, 3.8) is 0 Å². The van der Waals surface area contributed by atoms with Gasteiger partial charge in [0.1, 0.15) is 17.9 Å². The standard InChI is InChI=1S/C19H24N4O3/c24-18(4-3-15-2-1-10-26-15)23-8-5-16-17(6-9-23)20-13-21-19(16)22-14-7-11-25-12-14/h1-2,10,13-14H,3-9,11-12H2,(H,20,21,22). The number of aromatic nitrogens is 2. The lowest BCUT2D eigenvalue weighted by molar-refractivity contribution is -0.131. The van der Waals surface area contributed by atoms with Gasteiger partial charge >= 0.3 is 0 Å². The SMILES string of the molecule is O=C(CCc1ccco1)N1CCc2ncnc(NC3CCOC3)c2CC1. The molecule has 0 aliphatic carbocycles. The number of hydrogen-bond acceptors (Lipinski definition) is 6. The van der Waals surface area contributed by atoms with Crippen molar-refractivity contribution >= 4 is 11.7 Å².